The van der Waals surface area contributed by atoms with E-state index in [1.165, 1.54) is 11.3 Å². The van der Waals surface area contributed by atoms with Gasteiger partial charge in [-0.05, 0) is 24.3 Å². The predicted molar refractivity (Wildman–Crippen MR) is 111 cm³/mol. The van der Waals surface area contributed by atoms with Gasteiger partial charge in [0.15, 0.2) is 10.9 Å². The van der Waals surface area contributed by atoms with E-state index in [1.807, 2.05) is 12.1 Å². The van der Waals surface area contributed by atoms with Crippen LogP contribution in [0.2, 0.25) is 0 Å². The van der Waals surface area contributed by atoms with Crippen molar-refractivity contribution in [2.24, 2.45) is 0 Å². The average Bonchev–Trinajstić information content (AvgIpc) is 3.42. The van der Waals surface area contributed by atoms with Crippen molar-refractivity contribution in [3.63, 3.8) is 0 Å². The molecule has 0 aliphatic carbocycles. The number of hydrogen-bond acceptors (Lipinski definition) is 8. The number of morpholine rings is 1. The Labute approximate surface area is 172 Å². The summed E-state index contributed by atoms with van der Waals surface area (Å²) < 4.78 is 10.9. The van der Waals surface area contributed by atoms with Crippen molar-refractivity contribution in [3.8, 4) is 11.5 Å². The second-order valence-electron chi connectivity index (χ2n) is 6.59. The Kier molecular flexibility index (Phi) is 6.63. The molecule has 1 amide bonds. The topological polar surface area (TPSA) is 92.5 Å². The Morgan fingerprint density at radius 3 is 2.79 bits per heavy atom. The molecule has 0 unspecified atom stereocenters. The summed E-state index contributed by atoms with van der Waals surface area (Å²) in [7, 11) is 0. The fourth-order valence-corrected chi connectivity index (χ4v) is 4.00. The van der Waals surface area contributed by atoms with Gasteiger partial charge in [-0.15, -0.1) is 0 Å². The molecule has 4 heterocycles. The van der Waals surface area contributed by atoms with Gasteiger partial charge in [-0.2, -0.15) is 0 Å². The first-order valence-electron chi connectivity index (χ1n) is 9.55. The monoisotopic (exact) mass is 413 g/mol. The number of nitrogens with zero attached hydrogens (tertiary/aromatic N) is 3. The maximum Gasteiger partial charge on any atom is 0.257 e. The van der Waals surface area contributed by atoms with Crippen molar-refractivity contribution in [3.05, 3.63) is 53.4 Å². The van der Waals surface area contributed by atoms with Crippen LogP contribution in [-0.4, -0.2) is 60.2 Å². The van der Waals surface area contributed by atoms with Gasteiger partial charge < -0.3 is 14.5 Å². The SMILES string of the molecule is O=C(Nc1nc(-c2ccco2)c(CNCCN2CCOCC2)s1)c1ccncc1. The number of aromatic nitrogens is 2. The van der Waals surface area contributed by atoms with Crippen LogP contribution >= 0.6 is 11.3 Å². The number of ether oxygens (including phenoxy) is 1. The van der Waals surface area contributed by atoms with Crippen molar-refractivity contribution >= 4 is 22.4 Å². The summed E-state index contributed by atoms with van der Waals surface area (Å²) in [4.78, 5) is 24.4. The predicted octanol–water partition coefficient (Wildman–Crippen LogP) is 2.47. The number of hydrogen-bond donors (Lipinski definition) is 2. The number of nitrogens with one attached hydrogen (secondary N) is 2. The molecule has 1 aliphatic rings. The molecule has 2 N–H and O–H groups in total. The van der Waals surface area contributed by atoms with E-state index < -0.39 is 0 Å². The quantitative estimate of drug-likeness (QED) is 0.548. The van der Waals surface area contributed by atoms with E-state index in [-0.39, 0.29) is 5.91 Å². The zero-order valence-electron chi connectivity index (χ0n) is 16.0. The van der Waals surface area contributed by atoms with Crippen LogP contribution in [0.25, 0.3) is 11.5 Å². The van der Waals surface area contributed by atoms with E-state index in [0.717, 1.165) is 50.0 Å². The Morgan fingerprint density at radius 1 is 1.21 bits per heavy atom. The van der Waals surface area contributed by atoms with Crippen LogP contribution < -0.4 is 10.6 Å². The Bertz CT molecular complexity index is 908. The number of anilines is 1. The first-order valence-corrected chi connectivity index (χ1v) is 10.4. The minimum absolute atomic E-state index is 0.209. The number of amides is 1. The molecule has 1 fully saturated rings. The van der Waals surface area contributed by atoms with Gasteiger partial charge in [0, 0.05) is 50.7 Å². The van der Waals surface area contributed by atoms with Crippen LogP contribution in [0.15, 0.2) is 47.3 Å². The summed E-state index contributed by atoms with van der Waals surface area (Å²) in [6, 6.07) is 7.05. The van der Waals surface area contributed by atoms with E-state index in [4.69, 9.17) is 9.15 Å². The van der Waals surface area contributed by atoms with E-state index in [1.54, 1.807) is 30.8 Å². The highest BCUT2D eigenvalue weighted by molar-refractivity contribution is 7.16. The lowest BCUT2D eigenvalue weighted by Crippen LogP contribution is -2.40. The second-order valence-corrected chi connectivity index (χ2v) is 7.67. The molecule has 0 spiro atoms. The highest BCUT2D eigenvalue weighted by atomic mass is 32.1. The lowest BCUT2D eigenvalue weighted by Gasteiger charge is -2.26. The van der Waals surface area contributed by atoms with E-state index >= 15 is 0 Å². The lowest BCUT2D eigenvalue weighted by atomic mass is 10.2. The highest BCUT2D eigenvalue weighted by Gasteiger charge is 2.17. The molecule has 8 nitrogen and oxygen atoms in total. The molecule has 3 aromatic heterocycles. The molecule has 9 heteroatoms. The van der Waals surface area contributed by atoms with Gasteiger partial charge in [-0.25, -0.2) is 4.98 Å². The fourth-order valence-electron chi connectivity index (χ4n) is 3.07. The van der Waals surface area contributed by atoms with Crippen LogP contribution in [-0.2, 0) is 11.3 Å². The number of thiazole rings is 1. The van der Waals surface area contributed by atoms with Gasteiger partial charge >= 0.3 is 0 Å². The summed E-state index contributed by atoms with van der Waals surface area (Å²) in [6.45, 7) is 6.06. The Morgan fingerprint density at radius 2 is 2.03 bits per heavy atom. The third-order valence-corrected chi connectivity index (χ3v) is 5.58. The zero-order chi connectivity index (χ0) is 19.9. The largest absolute Gasteiger partial charge is 0.463 e. The summed E-state index contributed by atoms with van der Waals surface area (Å²) in [5, 5.41) is 6.89. The van der Waals surface area contributed by atoms with Crippen LogP contribution in [0.4, 0.5) is 5.13 Å². The molecule has 1 saturated heterocycles. The maximum absolute atomic E-state index is 12.4. The third kappa shape index (κ3) is 5.27. The van der Waals surface area contributed by atoms with Crippen LogP contribution in [0.5, 0.6) is 0 Å². The molecule has 3 aromatic rings. The van der Waals surface area contributed by atoms with Gasteiger partial charge in [0.2, 0.25) is 0 Å². The summed E-state index contributed by atoms with van der Waals surface area (Å²) >= 11 is 1.45. The number of pyridine rings is 1. The second kappa shape index (κ2) is 9.75. The molecule has 0 atom stereocenters. The fraction of sp³-hybridized carbons (Fsp3) is 0.350. The van der Waals surface area contributed by atoms with Gasteiger partial charge in [0.1, 0.15) is 5.69 Å². The molecule has 4 rings (SSSR count). The Balaban J connectivity index is 1.40. The number of furan rings is 1. The smallest absolute Gasteiger partial charge is 0.257 e. The minimum atomic E-state index is -0.209. The van der Waals surface area contributed by atoms with E-state index in [2.05, 4.69) is 25.5 Å². The molecule has 1 aliphatic heterocycles. The normalized spacial score (nSPS) is 14.8. The van der Waals surface area contributed by atoms with Crippen LogP contribution in [0.3, 0.4) is 0 Å². The van der Waals surface area contributed by atoms with Gasteiger partial charge in [0.05, 0.1) is 24.4 Å². The Hall–Kier alpha value is -2.59. The molecule has 0 aromatic carbocycles. The van der Waals surface area contributed by atoms with Crippen LogP contribution in [0, 0.1) is 0 Å². The first kappa shape index (κ1) is 19.7. The van der Waals surface area contributed by atoms with Gasteiger partial charge in [-0.1, -0.05) is 11.3 Å². The van der Waals surface area contributed by atoms with Crippen molar-refractivity contribution in [2.45, 2.75) is 6.54 Å². The van der Waals surface area contributed by atoms with Crippen molar-refractivity contribution in [1.29, 1.82) is 0 Å². The molecular formula is C20H23N5O3S. The third-order valence-electron chi connectivity index (χ3n) is 4.61. The standard InChI is InChI=1S/C20H23N5O3S/c26-19(15-3-5-21-6-4-15)24-20-23-18(16-2-1-11-28-16)17(29-20)14-22-7-8-25-9-12-27-13-10-25/h1-6,11,22H,7-10,12-14H2,(H,23,24,26). The summed E-state index contributed by atoms with van der Waals surface area (Å²) in [5.41, 5.74) is 1.30. The summed E-state index contributed by atoms with van der Waals surface area (Å²) in [6.07, 6.45) is 4.81. The maximum atomic E-state index is 12.4. The van der Waals surface area contributed by atoms with Crippen molar-refractivity contribution < 1.29 is 13.9 Å². The highest BCUT2D eigenvalue weighted by Crippen LogP contribution is 2.31. The molecule has 29 heavy (non-hydrogen) atoms. The lowest BCUT2D eigenvalue weighted by molar-refractivity contribution is 0.0384. The van der Waals surface area contributed by atoms with E-state index in [0.29, 0.717) is 23.0 Å². The molecule has 152 valence electrons. The van der Waals surface area contributed by atoms with E-state index in [9.17, 15) is 4.79 Å². The average molecular weight is 414 g/mol. The molecule has 0 radical (unpaired) electrons. The van der Waals surface area contributed by atoms with Crippen molar-refractivity contribution in [1.82, 2.24) is 20.2 Å². The van der Waals surface area contributed by atoms with Gasteiger partial charge in [-0.3, -0.25) is 20.0 Å². The number of carbonyl (C=O) groups is 1. The zero-order valence-corrected chi connectivity index (χ0v) is 16.8. The first-order chi connectivity index (χ1) is 14.3. The van der Waals surface area contributed by atoms with Crippen LogP contribution in [0.1, 0.15) is 15.2 Å². The minimum Gasteiger partial charge on any atom is -0.463 e. The molecule has 0 bridgehead atoms. The molecule has 0 saturated carbocycles. The van der Waals surface area contributed by atoms with Gasteiger partial charge in [0.25, 0.3) is 5.91 Å². The summed E-state index contributed by atoms with van der Waals surface area (Å²) in [5.74, 6) is 0.481. The number of rotatable bonds is 8. The number of carbonyl (C=O) groups excluding carboxylic acids is 1. The van der Waals surface area contributed by atoms with Crippen molar-refractivity contribution in [2.75, 3.05) is 44.7 Å². The molecular weight excluding hydrogens is 390 g/mol.